The first-order valence-electron chi connectivity index (χ1n) is 5.13. The third-order valence-corrected chi connectivity index (χ3v) is 2.33. The first-order valence-corrected chi connectivity index (χ1v) is 5.13. The fraction of sp³-hybridized carbons (Fsp3) is 0.455. The van der Waals surface area contributed by atoms with Gasteiger partial charge in [-0.2, -0.15) is 0 Å². The van der Waals surface area contributed by atoms with Gasteiger partial charge in [0.05, 0.1) is 6.61 Å². The fourth-order valence-electron chi connectivity index (χ4n) is 1.39. The maximum absolute atomic E-state index is 13.2. The summed E-state index contributed by atoms with van der Waals surface area (Å²) in [7, 11) is 0. The number of hydrogen-bond acceptors (Lipinski definition) is 4. The summed E-state index contributed by atoms with van der Waals surface area (Å²) in [5.41, 5.74) is 5.17. The summed E-state index contributed by atoms with van der Waals surface area (Å²) < 4.78 is 31.5. The molecule has 104 valence electrons. The normalized spacial score (nSPS) is 12.7. The van der Waals surface area contributed by atoms with E-state index in [9.17, 15) is 13.9 Å². The summed E-state index contributed by atoms with van der Waals surface area (Å²) in [6.45, 7) is 0.615. The van der Waals surface area contributed by atoms with Crippen molar-refractivity contribution in [2.24, 2.45) is 5.73 Å². The molecule has 18 heavy (non-hydrogen) atoms. The van der Waals surface area contributed by atoms with Crippen LogP contribution in [0.2, 0.25) is 0 Å². The van der Waals surface area contributed by atoms with E-state index in [4.69, 9.17) is 15.6 Å². The zero-order valence-electron chi connectivity index (χ0n) is 9.77. The molecule has 0 saturated carbocycles. The molecule has 0 heterocycles. The SMILES string of the molecule is CCOc1cccc([C@H](N)C(F)(F)CO)c1O.Cl. The Bertz CT molecular complexity index is 391. The Balaban J connectivity index is 0.00000289. The summed E-state index contributed by atoms with van der Waals surface area (Å²) in [5, 5.41) is 18.3. The zero-order chi connectivity index (χ0) is 13.1. The van der Waals surface area contributed by atoms with Crippen LogP contribution >= 0.6 is 12.4 Å². The predicted octanol–water partition coefficient (Wildman–Crippen LogP) is 1.84. The minimum Gasteiger partial charge on any atom is -0.504 e. The van der Waals surface area contributed by atoms with Crippen LogP contribution in [0.4, 0.5) is 8.78 Å². The fourth-order valence-corrected chi connectivity index (χ4v) is 1.39. The standard InChI is InChI=1S/C11H15F2NO3.ClH/c1-2-17-8-5-3-4-7(9(8)16)10(14)11(12,13)6-15;/h3-5,10,15-16H,2,6,14H2,1H3;1H/t10-;/m0./s1. The number of aliphatic hydroxyl groups excluding tert-OH is 1. The molecule has 0 spiro atoms. The number of hydrogen-bond donors (Lipinski definition) is 3. The van der Waals surface area contributed by atoms with Crippen LogP contribution in [0.5, 0.6) is 11.5 Å². The molecule has 4 N–H and O–H groups in total. The number of nitrogens with two attached hydrogens (primary N) is 1. The van der Waals surface area contributed by atoms with E-state index < -0.39 is 24.3 Å². The number of ether oxygens (including phenoxy) is 1. The van der Waals surface area contributed by atoms with Crippen molar-refractivity contribution < 1.29 is 23.7 Å². The average Bonchev–Trinajstić information content (AvgIpc) is 2.31. The maximum atomic E-state index is 13.2. The highest BCUT2D eigenvalue weighted by molar-refractivity contribution is 5.85. The molecular formula is C11H16ClF2NO3. The van der Waals surface area contributed by atoms with Gasteiger partial charge in [-0.05, 0) is 13.0 Å². The summed E-state index contributed by atoms with van der Waals surface area (Å²) >= 11 is 0. The van der Waals surface area contributed by atoms with Crippen LogP contribution in [0.15, 0.2) is 18.2 Å². The lowest BCUT2D eigenvalue weighted by molar-refractivity contribution is -0.0716. The summed E-state index contributed by atoms with van der Waals surface area (Å²) in [4.78, 5) is 0. The molecule has 0 bridgehead atoms. The lowest BCUT2D eigenvalue weighted by Gasteiger charge is -2.23. The molecule has 0 unspecified atom stereocenters. The van der Waals surface area contributed by atoms with Crippen LogP contribution in [0, 0.1) is 0 Å². The van der Waals surface area contributed by atoms with Crippen LogP contribution in [0.1, 0.15) is 18.5 Å². The lowest BCUT2D eigenvalue weighted by Crippen LogP contribution is -2.36. The molecule has 0 amide bonds. The van der Waals surface area contributed by atoms with E-state index in [1.807, 2.05) is 0 Å². The molecule has 1 rings (SSSR count). The van der Waals surface area contributed by atoms with Gasteiger partial charge in [-0.3, -0.25) is 0 Å². The molecular weight excluding hydrogens is 268 g/mol. The topological polar surface area (TPSA) is 75.7 Å². The Hall–Kier alpha value is -1.11. The van der Waals surface area contributed by atoms with E-state index in [0.29, 0.717) is 6.61 Å². The van der Waals surface area contributed by atoms with E-state index >= 15 is 0 Å². The van der Waals surface area contributed by atoms with Gasteiger partial charge in [0.2, 0.25) is 0 Å². The minimum atomic E-state index is -3.50. The van der Waals surface area contributed by atoms with Crippen molar-refractivity contribution in [1.82, 2.24) is 0 Å². The molecule has 1 aromatic carbocycles. The number of benzene rings is 1. The average molecular weight is 284 g/mol. The smallest absolute Gasteiger partial charge is 0.289 e. The van der Waals surface area contributed by atoms with Crippen molar-refractivity contribution in [1.29, 1.82) is 0 Å². The van der Waals surface area contributed by atoms with Gasteiger partial charge >= 0.3 is 0 Å². The van der Waals surface area contributed by atoms with Gasteiger partial charge in [0.1, 0.15) is 12.6 Å². The Morgan fingerprint density at radius 3 is 2.56 bits per heavy atom. The van der Waals surface area contributed by atoms with Gasteiger partial charge in [0, 0.05) is 5.56 Å². The highest BCUT2D eigenvalue weighted by Gasteiger charge is 2.39. The maximum Gasteiger partial charge on any atom is 0.289 e. The van der Waals surface area contributed by atoms with Crippen molar-refractivity contribution in [3.63, 3.8) is 0 Å². The van der Waals surface area contributed by atoms with E-state index in [-0.39, 0.29) is 23.7 Å². The van der Waals surface area contributed by atoms with E-state index in [1.54, 1.807) is 6.92 Å². The van der Waals surface area contributed by atoms with Crippen molar-refractivity contribution in [2.75, 3.05) is 13.2 Å². The Morgan fingerprint density at radius 2 is 2.06 bits per heavy atom. The number of phenolic OH excluding ortho intramolecular Hbond substituents is 1. The van der Waals surface area contributed by atoms with Gasteiger partial charge in [0.15, 0.2) is 11.5 Å². The third kappa shape index (κ3) is 3.44. The van der Waals surface area contributed by atoms with Crippen molar-refractivity contribution in [2.45, 2.75) is 18.9 Å². The van der Waals surface area contributed by atoms with Crippen LogP contribution in [0.3, 0.4) is 0 Å². The first-order chi connectivity index (χ1) is 7.94. The number of halogens is 3. The molecule has 0 fully saturated rings. The predicted molar refractivity (Wildman–Crippen MR) is 65.5 cm³/mol. The minimum absolute atomic E-state index is 0. The van der Waals surface area contributed by atoms with Crippen molar-refractivity contribution >= 4 is 12.4 Å². The summed E-state index contributed by atoms with van der Waals surface area (Å²) in [6.07, 6.45) is 0. The lowest BCUT2D eigenvalue weighted by atomic mass is 10.0. The number of aliphatic hydroxyl groups is 1. The first kappa shape index (κ1) is 16.9. The number of aromatic hydroxyl groups is 1. The molecule has 0 saturated heterocycles. The number of phenols is 1. The molecule has 1 aromatic rings. The third-order valence-electron chi connectivity index (χ3n) is 2.33. The largest absolute Gasteiger partial charge is 0.504 e. The molecule has 1 atom stereocenters. The van der Waals surface area contributed by atoms with E-state index in [0.717, 1.165) is 0 Å². The zero-order valence-corrected chi connectivity index (χ0v) is 10.6. The van der Waals surface area contributed by atoms with Gasteiger partial charge in [0.25, 0.3) is 5.92 Å². The van der Waals surface area contributed by atoms with Gasteiger partial charge in [-0.1, -0.05) is 12.1 Å². The summed E-state index contributed by atoms with van der Waals surface area (Å²) in [6, 6.07) is 2.39. The molecule has 0 radical (unpaired) electrons. The monoisotopic (exact) mass is 283 g/mol. The number of para-hydroxylation sites is 1. The Labute approximate surface area is 110 Å². The van der Waals surface area contributed by atoms with Crippen LogP contribution in [0.25, 0.3) is 0 Å². The second-order valence-corrected chi connectivity index (χ2v) is 3.52. The molecule has 0 aliphatic carbocycles. The molecule has 0 aromatic heterocycles. The van der Waals surface area contributed by atoms with E-state index in [1.165, 1.54) is 18.2 Å². The number of alkyl halides is 2. The molecule has 4 nitrogen and oxygen atoms in total. The van der Waals surface area contributed by atoms with Gasteiger partial charge in [-0.25, -0.2) is 8.78 Å². The van der Waals surface area contributed by atoms with E-state index in [2.05, 4.69) is 0 Å². The summed E-state index contributed by atoms with van der Waals surface area (Å²) in [5.74, 6) is -3.83. The van der Waals surface area contributed by atoms with Crippen molar-refractivity contribution in [3.05, 3.63) is 23.8 Å². The molecule has 7 heteroatoms. The second kappa shape index (κ2) is 6.72. The second-order valence-electron chi connectivity index (χ2n) is 3.52. The highest BCUT2D eigenvalue weighted by Crippen LogP contribution is 2.38. The number of rotatable bonds is 5. The van der Waals surface area contributed by atoms with Crippen molar-refractivity contribution in [3.8, 4) is 11.5 Å². The van der Waals surface area contributed by atoms with Gasteiger partial charge in [-0.15, -0.1) is 12.4 Å². The van der Waals surface area contributed by atoms with Crippen LogP contribution < -0.4 is 10.5 Å². The highest BCUT2D eigenvalue weighted by atomic mass is 35.5. The Kier molecular flexibility index (Phi) is 6.31. The van der Waals surface area contributed by atoms with Crippen LogP contribution in [-0.2, 0) is 0 Å². The molecule has 0 aliphatic rings. The molecule has 0 aliphatic heterocycles. The van der Waals surface area contributed by atoms with Gasteiger partial charge < -0.3 is 20.7 Å². The van der Waals surface area contributed by atoms with Crippen LogP contribution in [-0.4, -0.2) is 29.3 Å². The Morgan fingerprint density at radius 1 is 1.44 bits per heavy atom. The quantitative estimate of drug-likeness (QED) is 0.771.